The minimum absolute atomic E-state index is 0.134. The van der Waals surface area contributed by atoms with Crippen LogP contribution in [0.1, 0.15) is 19.8 Å². The second kappa shape index (κ2) is 7.61. The predicted molar refractivity (Wildman–Crippen MR) is 106 cm³/mol. The summed E-state index contributed by atoms with van der Waals surface area (Å²) in [5, 5.41) is 0.226. The number of hydrogen-bond donors (Lipinski definition) is 0. The van der Waals surface area contributed by atoms with Crippen LogP contribution in [0.25, 0.3) is 0 Å². The number of halogens is 1. The van der Waals surface area contributed by atoms with Crippen molar-refractivity contribution in [3.8, 4) is 0 Å². The maximum atomic E-state index is 12.9. The Hall–Kier alpha value is -0.710. The van der Waals surface area contributed by atoms with Crippen LogP contribution in [0.2, 0.25) is 5.02 Å². The third-order valence-corrected chi connectivity index (χ3v) is 9.44. The average molecular weight is 436 g/mol. The summed E-state index contributed by atoms with van der Waals surface area (Å²) in [6, 6.07) is 6.48. The zero-order chi connectivity index (χ0) is 19.9. The average Bonchev–Trinajstić information content (AvgIpc) is 3.08. The van der Waals surface area contributed by atoms with E-state index in [1.54, 1.807) is 18.2 Å². The first-order chi connectivity index (χ1) is 12.6. The first-order valence-corrected chi connectivity index (χ1v) is 12.7. The fourth-order valence-electron chi connectivity index (χ4n) is 4.07. The molecule has 0 spiro atoms. The molecule has 2 aliphatic rings. The van der Waals surface area contributed by atoms with Crippen LogP contribution in [0.15, 0.2) is 29.2 Å². The Morgan fingerprint density at radius 2 is 1.63 bits per heavy atom. The molecule has 0 aromatic heterocycles. The third kappa shape index (κ3) is 4.04. The summed E-state index contributed by atoms with van der Waals surface area (Å²) in [6.07, 6.45) is 2.84. The van der Waals surface area contributed by atoms with Gasteiger partial charge in [0.15, 0.2) is 0 Å². The lowest BCUT2D eigenvalue weighted by Crippen LogP contribution is -2.58. The number of sulfonamides is 2. The monoisotopic (exact) mass is 435 g/mol. The van der Waals surface area contributed by atoms with Gasteiger partial charge < -0.3 is 0 Å². The van der Waals surface area contributed by atoms with E-state index in [0.717, 1.165) is 12.8 Å². The summed E-state index contributed by atoms with van der Waals surface area (Å²) in [4.78, 5) is 2.39. The van der Waals surface area contributed by atoms with Gasteiger partial charge in [-0.15, -0.1) is 0 Å². The van der Waals surface area contributed by atoms with E-state index in [-0.39, 0.29) is 15.5 Å². The lowest BCUT2D eigenvalue weighted by molar-refractivity contribution is 0.0600. The van der Waals surface area contributed by atoms with E-state index in [9.17, 15) is 16.8 Å². The van der Waals surface area contributed by atoms with Crippen molar-refractivity contribution in [1.29, 1.82) is 0 Å². The molecule has 2 aliphatic heterocycles. The Morgan fingerprint density at radius 3 is 2.15 bits per heavy atom. The maximum absolute atomic E-state index is 12.9. The van der Waals surface area contributed by atoms with Gasteiger partial charge in [-0.1, -0.05) is 30.7 Å². The number of hydrogen-bond acceptors (Lipinski definition) is 5. The highest BCUT2D eigenvalue weighted by molar-refractivity contribution is 7.89. The molecule has 0 amide bonds. The third-order valence-electron chi connectivity index (χ3n) is 5.79. The minimum atomic E-state index is -3.63. The van der Waals surface area contributed by atoms with Gasteiger partial charge in [-0.2, -0.15) is 4.31 Å². The van der Waals surface area contributed by atoms with Crippen LogP contribution in [0, 0.1) is 0 Å². The smallest absolute Gasteiger partial charge is 0.244 e. The summed E-state index contributed by atoms with van der Waals surface area (Å²) < 4.78 is 52.6. The molecule has 1 atom stereocenters. The van der Waals surface area contributed by atoms with Crippen molar-refractivity contribution in [2.45, 2.75) is 30.2 Å². The Kier molecular flexibility index (Phi) is 5.92. The predicted octanol–water partition coefficient (Wildman–Crippen LogP) is 1.46. The first kappa shape index (κ1) is 21.0. The second-order valence-electron chi connectivity index (χ2n) is 7.25. The number of rotatable bonds is 5. The Morgan fingerprint density at radius 1 is 1.00 bits per heavy atom. The molecule has 10 heteroatoms. The van der Waals surface area contributed by atoms with E-state index < -0.39 is 20.0 Å². The molecule has 1 unspecified atom stereocenters. The first-order valence-electron chi connectivity index (χ1n) is 9.05. The quantitative estimate of drug-likeness (QED) is 0.699. The maximum Gasteiger partial charge on any atom is 0.244 e. The van der Waals surface area contributed by atoms with Gasteiger partial charge in [0.05, 0.1) is 11.3 Å². The molecule has 3 rings (SSSR count). The van der Waals surface area contributed by atoms with E-state index >= 15 is 0 Å². The van der Waals surface area contributed by atoms with Gasteiger partial charge >= 0.3 is 0 Å². The van der Waals surface area contributed by atoms with E-state index in [4.69, 9.17) is 11.6 Å². The SMILES string of the molecule is CCC1(N2CCN(S(=O)(=O)c3ccccc3Cl)CC2)CCN(S(C)(=O)=O)C1. The fraction of sp³-hybridized carbons (Fsp3) is 0.647. The van der Waals surface area contributed by atoms with Crippen molar-refractivity contribution in [3.05, 3.63) is 29.3 Å². The molecule has 0 bridgehead atoms. The molecule has 0 aliphatic carbocycles. The van der Waals surface area contributed by atoms with Crippen LogP contribution in [-0.2, 0) is 20.0 Å². The van der Waals surface area contributed by atoms with Gasteiger partial charge in [0, 0.05) is 44.8 Å². The lowest BCUT2D eigenvalue weighted by Gasteiger charge is -2.45. The Balaban J connectivity index is 1.73. The zero-order valence-electron chi connectivity index (χ0n) is 15.6. The summed E-state index contributed by atoms with van der Waals surface area (Å²) in [6.45, 7) is 4.95. The molecule has 7 nitrogen and oxygen atoms in total. The fourth-order valence-corrected chi connectivity index (χ4v) is 6.88. The van der Waals surface area contributed by atoms with Gasteiger partial charge in [-0.3, -0.25) is 4.90 Å². The summed E-state index contributed by atoms with van der Waals surface area (Å²) in [7, 11) is -6.84. The van der Waals surface area contributed by atoms with Crippen LogP contribution in [0.5, 0.6) is 0 Å². The highest BCUT2D eigenvalue weighted by Crippen LogP contribution is 2.34. The number of piperazine rings is 1. The minimum Gasteiger partial charge on any atom is -0.294 e. The van der Waals surface area contributed by atoms with E-state index in [1.165, 1.54) is 20.9 Å². The summed E-state index contributed by atoms with van der Waals surface area (Å²) in [5.74, 6) is 0. The molecule has 2 heterocycles. The normalized spacial score (nSPS) is 26.5. The standard InChI is InChI=1S/C17H26ClN3O4S2/c1-3-17(8-9-21(14-17)26(2,22)23)19-10-12-20(13-11-19)27(24,25)16-7-5-4-6-15(16)18/h4-7H,3,8-14H2,1-2H3. The molecule has 0 N–H and O–H groups in total. The van der Waals surface area contributed by atoms with Gasteiger partial charge in [0.1, 0.15) is 4.90 Å². The van der Waals surface area contributed by atoms with Crippen LogP contribution in [0.3, 0.4) is 0 Å². The summed E-state index contributed by atoms with van der Waals surface area (Å²) in [5.41, 5.74) is -0.219. The van der Waals surface area contributed by atoms with E-state index in [1.807, 2.05) is 0 Å². The molecule has 1 aromatic rings. The number of benzene rings is 1. The van der Waals surface area contributed by atoms with Gasteiger partial charge in [-0.25, -0.2) is 21.1 Å². The van der Waals surface area contributed by atoms with Gasteiger partial charge in [0.2, 0.25) is 20.0 Å². The number of nitrogens with zero attached hydrogens (tertiary/aromatic N) is 3. The molecule has 0 radical (unpaired) electrons. The van der Waals surface area contributed by atoms with Crippen molar-refractivity contribution in [2.24, 2.45) is 0 Å². The molecule has 27 heavy (non-hydrogen) atoms. The van der Waals surface area contributed by atoms with Crippen molar-refractivity contribution >= 4 is 31.6 Å². The van der Waals surface area contributed by atoms with Crippen LogP contribution in [0.4, 0.5) is 0 Å². The van der Waals surface area contributed by atoms with Crippen molar-refractivity contribution < 1.29 is 16.8 Å². The second-order valence-corrected chi connectivity index (χ2v) is 11.5. The molecular weight excluding hydrogens is 410 g/mol. The molecular formula is C17H26ClN3O4S2. The topological polar surface area (TPSA) is 78.0 Å². The molecule has 2 saturated heterocycles. The molecule has 152 valence electrons. The van der Waals surface area contributed by atoms with Crippen molar-refractivity contribution in [3.63, 3.8) is 0 Å². The highest BCUT2D eigenvalue weighted by Gasteiger charge is 2.45. The Bertz CT molecular complexity index is 899. The van der Waals surface area contributed by atoms with Gasteiger partial charge in [0.25, 0.3) is 0 Å². The lowest BCUT2D eigenvalue weighted by atomic mass is 9.92. The van der Waals surface area contributed by atoms with Crippen molar-refractivity contribution in [1.82, 2.24) is 13.5 Å². The largest absolute Gasteiger partial charge is 0.294 e. The summed E-state index contributed by atoms with van der Waals surface area (Å²) >= 11 is 6.08. The molecule has 1 aromatic carbocycles. The van der Waals surface area contributed by atoms with E-state index in [2.05, 4.69) is 11.8 Å². The molecule has 2 fully saturated rings. The van der Waals surface area contributed by atoms with Crippen molar-refractivity contribution in [2.75, 3.05) is 45.5 Å². The van der Waals surface area contributed by atoms with Crippen LogP contribution in [-0.4, -0.2) is 81.4 Å². The van der Waals surface area contributed by atoms with E-state index in [0.29, 0.717) is 39.3 Å². The highest BCUT2D eigenvalue weighted by atomic mass is 35.5. The molecule has 0 saturated carbocycles. The zero-order valence-corrected chi connectivity index (χ0v) is 18.0. The Labute approximate surface area is 167 Å². The van der Waals surface area contributed by atoms with Gasteiger partial charge in [-0.05, 0) is 25.0 Å². The van der Waals surface area contributed by atoms with Crippen LogP contribution < -0.4 is 0 Å². The van der Waals surface area contributed by atoms with Crippen LogP contribution >= 0.6 is 11.6 Å².